The van der Waals surface area contributed by atoms with Crippen LogP contribution in [-0.4, -0.2) is 21.5 Å². The van der Waals surface area contributed by atoms with Gasteiger partial charge in [0.25, 0.3) is 0 Å². The van der Waals surface area contributed by atoms with E-state index in [0.717, 1.165) is 33.4 Å². The fourth-order valence-corrected chi connectivity index (χ4v) is 5.65. The number of carbonyl (C=O) groups is 2. The second-order valence-electron chi connectivity index (χ2n) is 13.5. The van der Waals surface area contributed by atoms with E-state index >= 15 is 0 Å². The van der Waals surface area contributed by atoms with E-state index in [0.29, 0.717) is 35.3 Å². The van der Waals surface area contributed by atoms with Crippen LogP contribution in [-0.2, 0) is 13.1 Å². The van der Waals surface area contributed by atoms with Gasteiger partial charge in [0.05, 0.1) is 0 Å². The second-order valence-corrected chi connectivity index (χ2v) is 17.4. The quantitative estimate of drug-likeness (QED) is 0.0593. The number of benzene rings is 3. The van der Waals surface area contributed by atoms with Crippen molar-refractivity contribution in [1.29, 1.82) is 0 Å². The Labute approximate surface area is 345 Å². The van der Waals surface area contributed by atoms with E-state index in [1.165, 1.54) is 0 Å². The predicted octanol–water partition coefficient (Wildman–Crippen LogP) is 13.7. The number of halogens is 12. The van der Waals surface area contributed by atoms with E-state index in [4.69, 9.17) is 0 Å². The Balaban J connectivity index is 0.000000448. The number of rotatable bonds is 10. The van der Waals surface area contributed by atoms with Crippen LogP contribution in [0.25, 0.3) is 22.3 Å². The molecule has 0 atom stereocenters. The van der Waals surface area contributed by atoms with E-state index in [1.54, 1.807) is 49.1 Å². The van der Waals surface area contributed by atoms with Crippen molar-refractivity contribution >= 4 is 27.2 Å². The van der Waals surface area contributed by atoms with Gasteiger partial charge in [-0.25, -0.2) is 9.13 Å². The van der Waals surface area contributed by atoms with E-state index in [9.17, 15) is 60.0 Å². The largest absolute Gasteiger partial charge is 0.289 e. The summed E-state index contributed by atoms with van der Waals surface area (Å²) >= 11 is 0. The van der Waals surface area contributed by atoms with Crippen LogP contribution >= 0.6 is 15.6 Å². The molecule has 6 nitrogen and oxygen atoms in total. The van der Waals surface area contributed by atoms with Crippen LogP contribution in [0.5, 0.6) is 0 Å². The molecule has 7 aromatic rings. The standard InChI is InChI=1S/C42H32N4O2.2F6P/c47-41(37-5-1-31(2-6-37)29-45-25-17-35(18-26-45)33-13-21-43-22-14-33)39-9-11-40(12-10-39)42(48)38-7-3-32(4-8-38)30-46-27-19-36(20-28-46)34-15-23-44-24-16-34;2*1-7(2,3,4,5)6/h1-28H,29-30H2;;/q+2;2*-1. The number of pyridine rings is 4. The van der Waals surface area contributed by atoms with Gasteiger partial charge in [0.2, 0.25) is 0 Å². The molecule has 0 aliphatic rings. The van der Waals surface area contributed by atoms with Gasteiger partial charge >= 0.3 is 66.0 Å². The Hall–Kier alpha value is -6.38. The molecule has 0 N–H and O–H groups in total. The maximum absolute atomic E-state index is 13.2. The summed E-state index contributed by atoms with van der Waals surface area (Å²) in [5.74, 6) is -0.156. The Morgan fingerprint density at radius 1 is 0.355 bits per heavy atom. The molecule has 0 bridgehead atoms. The maximum atomic E-state index is 13.2. The molecule has 0 radical (unpaired) electrons. The number of ketones is 2. The molecule has 326 valence electrons. The van der Waals surface area contributed by atoms with Crippen molar-refractivity contribution in [3.8, 4) is 22.3 Å². The van der Waals surface area contributed by atoms with Crippen LogP contribution in [0.1, 0.15) is 43.0 Å². The summed E-state index contributed by atoms with van der Waals surface area (Å²) in [5, 5.41) is 0. The molecule has 62 heavy (non-hydrogen) atoms. The Kier molecular flexibility index (Phi) is 12.4. The van der Waals surface area contributed by atoms with Crippen molar-refractivity contribution in [2.75, 3.05) is 0 Å². The monoisotopic (exact) mass is 914 g/mol. The smallest absolute Gasteiger partial charge is 0.193 e. The van der Waals surface area contributed by atoms with Crippen molar-refractivity contribution in [2.45, 2.75) is 13.1 Å². The molecule has 0 amide bonds. The summed E-state index contributed by atoms with van der Waals surface area (Å²) in [6.45, 7) is 1.39. The van der Waals surface area contributed by atoms with Crippen molar-refractivity contribution in [2.24, 2.45) is 0 Å². The first kappa shape index (κ1) is 46.7. The van der Waals surface area contributed by atoms with Gasteiger partial charge in [0.1, 0.15) is 0 Å². The zero-order chi connectivity index (χ0) is 45.5. The van der Waals surface area contributed by atoms with Crippen molar-refractivity contribution in [3.63, 3.8) is 0 Å². The molecule has 0 unspecified atom stereocenters. The third-order valence-electron chi connectivity index (χ3n) is 8.38. The SMILES string of the molecule is F[P-](F)(F)(F)(F)F.F[P-](F)(F)(F)(F)F.O=C(c1ccc(C[n+]2ccc(-c3ccncc3)cc2)cc1)c1ccc(C(=O)c2ccc(C[n+]3ccc(-c4ccncc4)cc3)cc2)cc1. The summed E-state index contributed by atoms with van der Waals surface area (Å²) in [4.78, 5) is 34.6. The van der Waals surface area contributed by atoms with Gasteiger partial charge in [-0.1, -0.05) is 72.8 Å². The number of hydrogen-bond donors (Lipinski definition) is 0. The van der Waals surface area contributed by atoms with Gasteiger partial charge in [0.15, 0.2) is 49.4 Å². The summed E-state index contributed by atoms with van der Waals surface area (Å²) in [5.41, 5.74) is 9.02. The van der Waals surface area contributed by atoms with Crippen LogP contribution in [0.4, 0.5) is 50.4 Å². The molecular formula is C42H32F12N4O2P2. The number of aromatic nitrogens is 4. The van der Waals surface area contributed by atoms with Crippen LogP contribution in [0.2, 0.25) is 0 Å². The summed E-state index contributed by atoms with van der Waals surface area (Å²) in [6.07, 6.45) is 15.4. The van der Waals surface area contributed by atoms with Crippen LogP contribution in [0, 0.1) is 0 Å². The minimum atomic E-state index is -10.7. The zero-order valence-corrected chi connectivity index (χ0v) is 33.4. The van der Waals surface area contributed by atoms with Crippen molar-refractivity contribution < 1.29 is 69.1 Å². The maximum Gasteiger partial charge on any atom is 0.193 e. The van der Waals surface area contributed by atoms with E-state index < -0.39 is 15.6 Å². The first-order valence-corrected chi connectivity index (χ1v) is 21.8. The molecule has 0 saturated heterocycles. The molecule has 0 spiro atoms. The predicted molar refractivity (Wildman–Crippen MR) is 211 cm³/mol. The average Bonchev–Trinajstić information content (AvgIpc) is 3.20. The molecule has 0 saturated carbocycles. The normalized spacial score (nSPS) is 13.6. The Morgan fingerprint density at radius 3 is 0.806 bits per heavy atom. The van der Waals surface area contributed by atoms with E-state index in [1.807, 2.05) is 72.8 Å². The zero-order valence-electron chi connectivity index (χ0n) is 31.6. The summed E-state index contributed by atoms with van der Waals surface area (Å²) in [6, 6.07) is 38.6. The van der Waals surface area contributed by atoms with Crippen molar-refractivity contribution in [1.82, 2.24) is 9.97 Å². The molecule has 4 aromatic heterocycles. The van der Waals surface area contributed by atoms with Gasteiger partial charge in [-0.15, -0.1) is 0 Å². The van der Waals surface area contributed by atoms with Gasteiger partial charge in [0, 0.05) is 82.4 Å². The van der Waals surface area contributed by atoms with Gasteiger partial charge in [-0.3, -0.25) is 19.6 Å². The number of hydrogen-bond acceptors (Lipinski definition) is 4. The fourth-order valence-electron chi connectivity index (χ4n) is 5.65. The minimum Gasteiger partial charge on any atom is -0.289 e. The third-order valence-corrected chi connectivity index (χ3v) is 8.38. The number of carbonyl (C=O) groups excluding carboxylic acids is 2. The van der Waals surface area contributed by atoms with Gasteiger partial charge in [-0.2, -0.15) is 0 Å². The van der Waals surface area contributed by atoms with Gasteiger partial charge in [-0.05, 0) is 46.5 Å². The van der Waals surface area contributed by atoms with E-state index in [2.05, 4.69) is 68.2 Å². The van der Waals surface area contributed by atoms with E-state index in [-0.39, 0.29) is 11.6 Å². The first-order valence-electron chi connectivity index (χ1n) is 17.8. The molecule has 0 aliphatic heterocycles. The molecule has 4 heterocycles. The average molecular weight is 915 g/mol. The van der Waals surface area contributed by atoms with Crippen LogP contribution in [0.3, 0.4) is 0 Å². The minimum absolute atomic E-state index is 0.0782. The summed E-state index contributed by atoms with van der Waals surface area (Å²) < 4.78 is 123. The molecule has 0 fully saturated rings. The summed E-state index contributed by atoms with van der Waals surface area (Å²) in [7, 11) is -21.3. The van der Waals surface area contributed by atoms with Crippen molar-refractivity contribution in [3.05, 3.63) is 204 Å². The Bertz CT molecular complexity index is 2430. The molecule has 3 aromatic carbocycles. The first-order chi connectivity index (χ1) is 28.5. The van der Waals surface area contributed by atoms with Crippen LogP contribution < -0.4 is 9.13 Å². The topological polar surface area (TPSA) is 67.7 Å². The molecule has 7 rings (SSSR count). The molecular weight excluding hydrogens is 882 g/mol. The molecule has 0 aliphatic carbocycles. The van der Waals surface area contributed by atoms with Crippen LogP contribution in [0.15, 0.2) is 171 Å². The van der Waals surface area contributed by atoms with Gasteiger partial charge < -0.3 is 0 Å². The number of nitrogens with zero attached hydrogens (tertiary/aromatic N) is 4. The second kappa shape index (κ2) is 16.5. The third kappa shape index (κ3) is 17.7. The fraction of sp³-hybridized carbons (Fsp3) is 0.0476. The molecule has 20 heteroatoms. The Morgan fingerprint density at radius 2 is 0.565 bits per heavy atom.